The molecule has 0 saturated carbocycles. The molecule has 0 amide bonds. The van der Waals surface area contributed by atoms with Gasteiger partial charge < -0.3 is 25.0 Å². The molecular formula is C19H34ClIN4O2. The summed E-state index contributed by atoms with van der Waals surface area (Å²) in [5, 5.41) is 7.38. The molecule has 0 aliphatic rings. The SMILES string of the molecule is CCOC(CCN(C)C)CNC(=NC)NCCc1ccc(OC)cc1Cl.I. The number of benzene rings is 1. The number of nitrogens with zero attached hydrogens (tertiary/aromatic N) is 2. The summed E-state index contributed by atoms with van der Waals surface area (Å²) in [5.74, 6) is 1.54. The van der Waals surface area contributed by atoms with E-state index in [2.05, 4.69) is 34.6 Å². The minimum atomic E-state index is 0. The molecule has 0 aliphatic heterocycles. The smallest absolute Gasteiger partial charge is 0.191 e. The van der Waals surface area contributed by atoms with Crippen molar-refractivity contribution >= 4 is 41.5 Å². The Hall–Kier alpha value is -0.770. The normalized spacial score (nSPS) is 12.5. The average molecular weight is 513 g/mol. The summed E-state index contributed by atoms with van der Waals surface area (Å²) >= 11 is 6.28. The number of hydrogen-bond acceptors (Lipinski definition) is 4. The van der Waals surface area contributed by atoms with Gasteiger partial charge in [0.05, 0.1) is 13.2 Å². The Morgan fingerprint density at radius 3 is 2.59 bits per heavy atom. The number of aliphatic imine (C=N–C) groups is 1. The van der Waals surface area contributed by atoms with Crippen molar-refractivity contribution in [3.63, 3.8) is 0 Å². The Kier molecular flexibility index (Phi) is 14.8. The fourth-order valence-corrected chi connectivity index (χ4v) is 2.75. The van der Waals surface area contributed by atoms with Gasteiger partial charge in [0.25, 0.3) is 0 Å². The van der Waals surface area contributed by atoms with Gasteiger partial charge in [-0.2, -0.15) is 0 Å². The van der Waals surface area contributed by atoms with Gasteiger partial charge in [0.1, 0.15) is 5.75 Å². The van der Waals surface area contributed by atoms with Gasteiger partial charge in [0, 0.05) is 38.3 Å². The molecule has 6 nitrogen and oxygen atoms in total. The first-order chi connectivity index (χ1) is 12.5. The molecule has 1 aromatic rings. The highest BCUT2D eigenvalue weighted by Crippen LogP contribution is 2.22. The van der Waals surface area contributed by atoms with E-state index in [4.69, 9.17) is 21.1 Å². The van der Waals surface area contributed by atoms with Crippen LogP contribution >= 0.6 is 35.6 Å². The van der Waals surface area contributed by atoms with Crippen LogP contribution in [0.15, 0.2) is 23.2 Å². The van der Waals surface area contributed by atoms with E-state index in [9.17, 15) is 0 Å². The predicted octanol–water partition coefficient (Wildman–Crippen LogP) is 3.03. The molecule has 0 bridgehead atoms. The third-order valence-corrected chi connectivity index (χ3v) is 4.32. The van der Waals surface area contributed by atoms with Crippen molar-refractivity contribution in [2.45, 2.75) is 25.9 Å². The molecule has 0 aromatic heterocycles. The van der Waals surface area contributed by atoms with Crippen molar-refractivity contribution < 1.29 is 9.47 Å². The molecule has 1 rings (SSSR count). The molecule has 1 atom stereocenters. The number of methoxy groups -OCH3 is 1. The number of halogens is 2. The number of guanidine groups is 1. The summed E-state index contributed by atoms with van der Waals surface area (Å²) in [7, 11) is 7.55. The van der Waals surface area contributed by atoms with Crippen LogP contribution in [0.2, 0.25) is 5.02 Å². The zero-order valence-electron chi connectivity index (χ0n) is 17.0. The Balaban J connectivity index is 0.00000676. The van der Waals surface area contributed by atoms with Crippen molar-refractivity contribution in [1.82, 2.24) is 15.5 Å². The van der Waals surface area contributed by atoms with E-state index in [1.807, 2.05) is 25.1 Å². The summed E-state index contributed by atoms with van der Waals surface area (Å²) in [4.78, 5) is 6.44. The molecule has 2 N–H and O–H groups in total. The first-order valence-corrected chi connectivity index (χ1v) is 9.41. The molecule has 1 unspecified atom stereocenters. The van der Waals surface area contributed by atoms with Crippen LogP contribution in [0, 0.1) is 0 Å². The molecule has 0 heterocycles. The van der Waals surface area contributed by atoms with Crippen LogP contribution < -0.4 is 15.4 Å². The van der Waals surface area contributed by atoms with Crippen molar-refractivity contribution in [1.29, 1.82) is 0 Å². The van der Waals surface area contributed by atoms with E-state index < -0.39 is 0 Å². The van der Waals surface area contributed by atoms with Crippen molar-refractivity contribution in [3.8, 4) is 5.75 Å². The van der Waals surface area contributed by atoms with Crippen LogP contribution in [-0.4, -0.2) is 71.5 Å². The quantitative estimate of drug-likeness (QED) is 0.271. The van der Waals surface area contributed by atoms with Crippen LogP contribution in [0.4, 0.5) is 0 Å². The molecule has 0 spiro atoms. The largest absolute Gasteiger partial charge is 0.497 e. The fraction of sp³-hybridized carbons (Fsp3) is 0.632. The van der Waals surface area contributed by atoms with Gasteiger partial charge >= 0.3 is 0 Å². The van der Waals surface area contributed by atoms with E-state index in [0.717, 1.165) is 49.7 Å². The summed E-state index contributed by atoms with van der Waals surface area (Å²) in [6.07, 6.45) is 1.95. The second-order valence-corrected chi connectivity index (χ2v) is 6.66. The van der Waals surface area contributed by atoms with Crippen LogP contribution in [0.5, 0.6) is 5.75 Å². The van der Waals surface area contributed by atoms with Crippen molar-refractivity contribution in [2.24, 2.45) is 4.99 Å². The summed E-state index contributed by atoms with van der Waals surface area (Å²) in [6.45, 7) is 5.19. The third kappa shape index (κ3) is 11.0. The lowest BCUT2D eigenvalue weighted by atomic mass is 10.1. The molecule has 1 aromatic carbocycles. The summed E-state index contributed by atoms with van der Waals surface area (Å²) in [5.41, 5.74) is 1.08. The first-order valence-electron chi connectivity index (χ1n) is 9.03. The third-order valence-electron chi connectivity index (χ3n) is 3.97. The highest BCUT2D eigenvalue weighted by Gasteiger charge is 2.10. The monoisotopic (exact) mass is 512 g/mol. The number of rotatable bonds is 11. The lowest BCUT2D eigenvalue weighted by Gasteiger charge is -2.21. The summed E-state index contributed by atoms with van der Waals surface area (Å²) in [6, 6.07) is 5.75. The summed E-state index contributed by atoms with van der Waals surface area (Å²) < 4.78 is 11.0. The maximum Gasteiger partial charge on any atom is 0.191 e. The number of nitrogens with one attached hydrogen (secondary N) is 2. The predicted molar refractivity (Wildman–Crippen MR) is 125 cm³/mol. The second kappa shape index (κ2) is 15.2. The fourth-order valence-electron chi connectivity index (χ4n) is 2.49. The van der Waals surface area contributed by atoms with Crippen molar-refractivity contribution in [3.05, 3.63) is 28.8 Å². The first kappa shape index (κ1) is 26.2. The van der Waals surface area contributed by atoms with E-state index >= 15 is 0 Å². The molecule has 0 radical (unpaired) electrons. The molecule has 0 saturated heterocycles. The molecular weight excluding hydrogens is 479 g/mol. The molecule has 0 fully saturated rings. The highest BCUT2D eigenvalue weighted by atomic mass is 127. The lowest BCUT2D eigenvalue weighted by molar-refractivity contribution is 0.0548. The Labute approximate surface area is 186 Å². The minimum Gasteiger partial charge on any atom is -0.497 e. The minimum absolute atomic E-state index is 0. The van der Waals surface area contributed by atoms with E-state index in [1.54, 1.807) is 14.2 Å². The van der Waals surface area contributed by atoms with Crippen molar-refractivity contribution in [2.75, 3.05) is 54.5 Å². The maximum absolute atomic E-state index is 6.28. The lowest BCUT2D eigenvalue weighted by Crippen LogP contribution is -2.43. The van der Waals surface area contributed by atoms with E-state index in [-0.39, 0.29) is 30.1 Å². The zero-order chi connectivity index (χ0) is 19.4. The zero-order valence-corrected chi connectivity index (χ0v) is 20.1. The Bertz CT molecular complexity index is 559. The van der Waals surface area contributed by atoms with Crippen LogP contribution in [-0.2, 0) is 11.2 Å². The Morgan fingerprint density at radius 1 is 1.30 bits per heavy atom. The van der Waals surface area contributed by atoms with Gasteiger partial charge in [0.2, 0.25) is 0 Å². The van der Waals surface area contributed by atoms with Gasteiger partial charge in [-0.3, -0.25) is 4.99 Å². The number of ether oxygens (including phenoxy) is 2. The van der Waals surface area contributed by atoms with Crippen LogP contribution in [0.25, 0.3) is 0 Å². The van der Waals surface area contributed by atoms with Gasteiger partial charge in [-0.1, -0.05) is 17.7 Å². The van der Waals surface area contributed by atoms with Gasteiger partial charge in [-0.15, -0.1) is 24.0 Å². The maximum atomic E-state index is 6.28. The standard InChI is InChI=1S/C19H33ClN4O2.HI/c1-6-26-17(10-12-24(3)4)14-23-19(21-2)22-11-9-15-7-8-16(25-5)13-18(15)20;/h7-8,13,17H,6,9-12,14H2,1-5H3,(H2,21,22,23);1H. The molecule has 27 heavy (non-hydrogen) atoms. The molecule has 0 aliphatic carbocycles. The van der Waals surface area contributed by atoms with E-state index in [1.165, 1.54) is 0 Å². The van der Waals surface area contributed by atoms with Gasteiger partial charge in [0.15, 0.2) is 5.96 Å². The molecule has 8 heteroatoms. The highest BCUT2D eigenvalue weighted by molar-refractivity contribution is 14.0. The van der Waals surface area contributed by atoms with Crippen LogP contribution in [0.1, 0.15) is 18.9 Å². The Morgan fingerprint density at radius 2 is 2.04 bits per heavy atom. The number of hydrogen-bond donors (Lipinski definition) is 2. The molecule has 156 valence electrons. The average Bonchev–Trinajstić information content (AvgIpc) is 2.63. The topological polar surface area (TPSA) is 58.1 Å². The van der Waals surface area contributed by atoms with Gasteiger partial charge in [-0.25, -0.2) is 0 Å². The van der Waals surface area contributed by atoms with E-state index in [0.29, 0.717) is 11.6 Å². The van der Waals surface area contributed by atoms with Crippen LogP contribution in [0.3, 0.4) is 0 Å². The second-order valence-electron chi connectivity index (χ2n) is 6.26. The van der Waals surface area contributed by atoms with Gasteiger partial charge in [-0.05, 0) is 51.6 Å².